The van der Waals surface area contributed by atoms with Crippen molar-refractivity contribution in [3.8, 4) is 5.75 Å². The molecule has 1 heterocycles. The molecule has 0 spiro atoms. The van der Waals surface area contributed by atoms with Gasteiger partial charge >= 0.3 is 0 Å². The highest BCUT2D eigenvalue weighted by Gasteiger charge is 2.25. The molecule has 0 bridgehead atoms. The second-order valence-electron chi connectivity index (χ2n) is 7.55. The van der Waals surface area contributed by atoms with Gasteiger partial charge in [0.1, 0.15) is 11.9 Å². The highest BCUT2D eigenvalue weighted by molar-refractivity contribution is 14.0. The molecule has 32 heavy (non-hydrogen) atoms. The minimum Gasteiger partial charge on any atom is -0.495 e. The Morgan fingerprint density at radius 2 is 2.06 bits per heavy atom. The van der Waals surface area contributed by atoms with Crippen molar-refractivity contribution in [3.05, 3.63) is 59.2 Å². The van der Waals surface area contributed by atoms with Crippen LogP contribution in [0.1, 0.15) is 36.6 Å². The summed E-state index contributed by atoms with van der Waals surface area (Å²) >= 11 is 0. The quantitative estimate of drug-likeness (QED) is 0.321. The van der Waals surface area contributed by atoms with E-state index in [0.29, 0.717) is 24.6 Å². The number of nitrogens with zero attached hydrogens (tertiary/aromatic N) is 2. The van der Waals surface area contributed by atoms with Crippen LogP contribution < -0.4 is 15.4 Å². The summed E-state index contributed by atoms with van der Waals surface area (Å²) in [7, 11) is 1.59. The Morgan fingerprint density at radius 1 is 1.28 bits per heavy atom. The predicted molar refractivity (Wildman–Crippen MR) is 139 cm³/mol. The maximum absolute atomic E-state index is 11.5. The summed E-state index contributed by atoms with van der Waals surface area (Å²) in [5.74, 6) is 1.35. The first-order valence-corrected chi connectivity index (χ1v) is 10.7. The van der Waals surface area contributed by atoms with E-state index < -0.39 is 0 Å². The maximum atomic E-state index is 11.5. The lowest BCUT2D eigenvalue weighted by Gasteiger charge is -2.35. The SMILES string of the molecule is CCNC(=NCc1ccc(OC)c(NC(C)=O)c1)N1CCOC(c2ccccc2C)C1.I. The topological polar surface area (TPSA) is 75.2 Å². The molecule has 174 valence electrons. The van der Waals surface area contributed by atoms with Gasteiger partial charge in [0.05, 0.1) is 32.5 Å². The number of aliphatic imine (C=N–C) groups is 1. The largest absolute Gasteiger partial charge is 0.495 e. The molecule has 1 aliphatic rings. The zero-order valence-electron chi connectivity index (χ0n) is 19.2. The first-order chi connectivity index (χ1) is 15.0. The van der Waals surface area contributed by atoms with E-state index in [9.17, 15) is 4.79 Å². The van der Waals surface area contributed by atoms with Crippen LogP contribution in [0.2, 0.25) is 0 Å². The molecule has 0 aliphatic carbocycles. The normalized spacial score (nSPS) is 16.2. The van der Waals surface area contributed by atoms with Gasteiger partial charge in [-0.3, -0.25) is 4.79 Å². The number of rotatable bonds is 6. The number of morpholine rings is 1. The third-order valence-corrected chi connectivity index (χ3v) is 5.22. The molecule has 8 heteroatoms. The predicted octanol–water partition coefficient (Wildman–Crippen LogP) is 4.12. The number of hydrogen-bond donors (Lipinski definition) is 2. The van der Waals surface area contributed by atoms with Gasteiger partial charge in [-0.2, -0.15) is 0 Å². The van der Waals surface area contributed by atoms with E-state index in [4.69, 9.17) is 14.5 Å². The molecule has 3 rings (SSSR count). The maximum Gasteiger partial charge on any atom is 0.221 e. The van der Waals surface area contributed by atoms with Crippen molar-refractivity contribution < 1.29 is 14.3 Å². The Bertz CT molecular complexity index is 935. The van der Waals surface area contributed by atoms with Crippen LogP contribution >= 0.6 is 24.0 Å². The van der Waals surface area contributed by atoms with Gasteiger partial charge in [-0.05, 0) is 42.7 Å². The summed E-state index contributed by atoms with van der Waals surface area (Å²) in [4.78, 5) is 18.6. The van der Waals surface area contributed by atoms with Gasteiger partial charge in [0.2, 0.25) is 5.91 Å². The van der Waals surface area contributed by atoms with E-state index in [1.807, 2.05) is 18.2 Å². The van der Waals surface area contributed by atoms with Gasteiger partial charge in [0, 0.05) is 20.0 Å². The molecule has 1 fully saturated rings. The summed E-state index contributed by atoms with van der Waals surface area (Å²) in [6.07, 6.45) is 0.0196. The number of anilines is 1. The number of benzene rings is 2. The number of amides is 1. The van der Waals surface area contributed by atoms with E-state index in [1.54, 1.807) is 7.11 Å². The van der Waals surface area contributed by atoms with E-state index in [-0.39, 0.29) is 36.0 Å². The van der Waals surface area contributed by atoms with E-state index in [1.165, 1.54) is 18.1 Å². The molecular formula is C24H33IN4O3. The highest BCUT2D eigenvalue weighted by Crippen LogP contribution is 2.27. The number of hydrogen-bond acceptors (Lipinski definition) is 4. The van der Waals surface area contributed by atoms with Crippen LogP contribution in [0, 0.1) is 6.92 Å². The molecule has 0 radical (unpaired) electrons. The summed E-state index contributed by atoms with van der Waals surface area (Å²) in [6, 6.07) is 14.1. The minimum atomic E-state index is -0.136. The minimum absolute atomic E-state index is 0. The monoisotopic (exact) mass is 552 g/mol. The number of aryl methyl sites for hydroxylation is 1. The van der Waals surface area contributed by atoms with Crippen LogP contribution in [0.3, 0.4) is 0 Å². The van der Waals surface area contributed by atoms with Gasteiger partial charge in [0.15, 0.2) is 5.96 Å². The van der Waals surface area contributed by atoms with Crippen molar-refractivity contribution in [1.82, 2.24) is 10.2 Å². The lowest BCUT2D eigenvalue weighted by molar-refractivity contribution is -0.114. The smallest absolute Gasteiger partial charge is 0.221 e. The lowest BCUT2D eigenvalue weighted by Crippen LogP contribution is -2.48. The summed E-state index contributed by atoms with van der Waals surface area (Å²) in [5.41, 5.74) is 4.10. The molecule has 1 amide bonds. The molecule has 0 aromatic heterocycles. The van der Waals surface area contributed by atoms with Crippen molar-refractivity contribution in [1.29, 1.82) is 0 Å². The third-order valence-electron chi connectivity index (χ3n) is 5.22. The van der Waals surface area contributed by atoms with Crippen molar-refractivity contribution >= 4 is 41.5 Å². The van der Waals surface area contributed by atoms with Crippen LogP contribution in [0.4, 0.5) is 5.69 Å². The van der Waals surface area contributed by atoms with Gasteiger partial charge in [-0.15, -0.1) is 24.0 Å². The van der Waals surface area contributed by atoms with Crippen LogP contribution in [0.5, 0.6) is 5.75 Å². The van der Waals surface area contributed by atoms with Gasteiger partial charge < -0.3 is 25.0 Å². The molecular weight excluding hydrogens is 519 g/mol. The van der Waals surface area contributed by atoms with Crippen LogP contribution in [-0.2, 0) is 16.1 Å². The van der Waals surface area contributed by atoms with Crippen molar-refractivity contribution in [2.75, 3.05) is 38.7 Å². The zero-order valence-corrected chi connectivity index (χ0v) is 21.5. The van der Waals surface area contributed by atoms with Crippen molar-refractivity contribution in [2.24, 2.45) is 4.99 Å². The number of nitrogens with one attached hydrogen (secondary N) is 2. The number of guanidine groups is 1. The second kappa shape index (κ2) is 12.6. The summed E-state index contributed by atoms with van der Waals surface area (Å²) in [5, 5.41) is 6.22. The van der Waals surface area contributed by atoms with E-state index in [0.717, 1.165) is 31.2 Å². The molecule has 1 atom stereocenters. The highest BCUT2D eigenvalue weighted by atomic mass is 127. The first kappa shape index (κ1) is 25.9. The van der Waals surface area contributed by atoms with Gasteiger partial charge in [-0.1, -0.05) is 30.3 Å². The second-order valence-corrected chi connectivity index (χ2v) is 7.55. The number of carbonyl (C=O) groups excluding carboxylic acids is 1. The Kier molecular flexibility index (Phi) is 10.2. The van der Waals surface area contributed by atoms with Crippen LogP contribution in [0.25, 0.3) is 0 Å². The Morgan fingerprint density at radius 3 is 2.75 bits per heavy atom. The van der Waals surface area contributed by atoms with Crippen molar-refractivity contribution in [2.45, 2.75) is 33.4 Å². The fourth-order valence-electron chi connectivity index (χ4n) is 3.71. The molecule has 1 unspecified atom stereocenters. The molecule has 2 aromatic rings. The molecule has 2 aromatic carbocycles. The Labute approximate surface area is 207 Å². The Hall–Kier alpha value is -2.33. The fraction of sp³-hybridized carbons (Fsp3) is 0.417. The van der Waals surface area contributed by atoms with Crippen molar-refractivity contribution in [3.63, 3.8) is 0 Å². The van der Waals surface area contributed by atoms with Gasteiger partial charge in [0.25, 0.3) is 0 Å². The number of ether oxygens (including phenoxy) is 2. The zero-order chi connectivity index (χ0) is 22.2. The molecule has 0 saturated carbocycles. The molecule has 7 nitrogen and oxygen atoms in total. The summed E-state index contributed by atoms with van der Waals surface area (Å²) in [6.45, 7) is 9.13. The lowest BCUT2D eigenvalue weighted by atomic mass is 10.0. The van der Waals surface area contributed by atoms with Gasteiger partial charge in [-0.25, -0.2) is 4.99 Å². The van der Waals surface area contributed by atoms with Crippen LogP contribution in [0.15, 0.2) is 47.5 Å². The first-order valence-electron chi connectivity index (χ1n) is 10.7. The van der Waals surface area contributed by atoms with E-state index >= 15 is 0 Å². The molecule has 1 saturated heterocycles. The molecule has 1 aliphatic heterocycles. The van der Waals surface area contributed by atoms with Crippen LogP contribution in [-0.4, -0.2) is 50.1 Å². The Balaban J connectivity index is 0.00000363. The molecule has 2 N–H and O–H groups in total. The number of methoxy groups -OCH3 is 1. The standard InChI is InChI=1S/C24H32N4O3.HI/c1-5-25-24(26-15-19-10-11-22(30-4)21(14-19)27-18(3)29)28-12-13-31-23(16-28)20-9-7-6-8-17(20)2;/h6-11,14,23H,5,12-13,15-16H2,1-4H3,(H,25,26)(H,27,29);1H. The fourth-order valence-corrected chi connectivity index (χ4v) is 3.71. The number of carbonyl (C=O) groups is 1. The average Bonchev–Trinajstić information content (AvgIpc) is 2.77. The number of halogens is 1. The third kappa shape index (κ3) is 6.83. The summed E-state index contributed by atoms with van der Waals surface area (Å²) < 4.78 is 11.4. The average molecular weight is 552 g/mol. The van der Waals surface area contributed by atoms with E-state index in [2.05, 4.69) is 53.6 Å².